The molecule has 3 aliphatic carbocycles. The van der Waals surface area contributed by atoms with E-state index in [0.29, 0.717) is 18.4 Å². The van der Waals surface area contributed by atoms with E-state index in [4.69, 9.17) is 9.47 Å². The van der Waals surface area contributed by atoms with E-state index in [1.165, 1.54) is 75.6 Å². The molecule has 4 atom stereocenters. The second-order valence-electron chi connectivity index (χ2n) is 12.2. The maximum absolute atomic E-state index is 15.0. The summed E-state index contributed by atoms with van der Waals surface area (Å²) in [7, 11) is 0. The van der Waals surface area contributed by atoms with Crippen LogP contribution in [0.5, 0.6) is 11.5 Å². The van der Waals surface area contributed by atoms with Gasteiger partial charge in [-0.15, -0.1) is 0 Å². The molecule has 2 nitrogen and oxygen atoms in total. The fraction of sp³-hybridized carbons (Fsp3) is 0.588. The van der Waals surface area contributed by atoms with Gasteiger partial charge in [-0.05, 0) is 138 Å². The largest absolute Gasteiger partial charge is 0.491 e. The van der Waals surface area contributed by atoms with Gasteiger partial charge in [-0.3, -0.25) is 0 Å². The van der Waals surface area contributed by atoms with E-state index in [0.717, 1.165) is 36.5 Å². The molecule has 0 radical (unpaired) electrons. The highest BCUT2D eigenvalue weighted by atomic mass is 19.2. The van der Waals surface area contributed by atoms with Crippen LogP contribution in [0.4, 0.5) is 17.6 Å². The molecule has 0 aliphatic heterocycles. The highest BCUT2D eigenvalue weighted by molar-refractivity contribution is 5.67. The van der Waals surface area contributed by atoms with Gasteiger partial charge in [0.2, 0.25) is 11.6 Å². The van der Waals surface area contributed by atoms with Crippen molar-refractivity contribution in [2.45, 2.75) is 78.1 Å². The van der Waals surface area contributed by atoms with E-state index in [9.17, 15) is 17.6 Å². The van der Waals surface area contributed by atoms with Crippen LogP contribution >= 0.6 is 0 Å². The van der Waals surface area contributed by atoms with Gasteiger partial charge in [0.15, 0.2) is 23.1 Å². The molecule has 0 amide bonds. The van der Waals surface area contributed by atoms with Crippen LogP contribution in [0.3, 0.4) is 0 Å². The van der Waals surface area contributed by atoms with Gasteiger partial charge >= 0.3 is 0 Å². The van der Waals surface area contributed by atoms with Crippen LogP contribution in [0.2, 0.25) is 0 Å². The first kappa shape index (κ1) is 29.0. The zero-order valence-electron chi connectivity index (χ0n) is 23.7. The SMILES string of the molecule is C/C=C/C1CCC(C2CCC3CC(COc4ccc(-c5ccc(OCC)c(F)c5F)c(F)c4F)CCC3C2)CC1. The Morgan fingerprint density at radius 1 is 0.650 bits per heavy atom. The Balaban J connectivity index is 1.15. The number of halogens is 4. The van der Waals surface area contributed by atoms with Crippen molar-refractivity contribution in [3.63, 3.8) is 0 Å². The van der Waals surface area contributed by atoms with Gasteiger partial charge in [0.05, 0.1) is 13.2 Å². The van der Waals surface area contributed by atoms with Gasteiger partial charge in [-0.25, -0.2) is 8.78 Å². The van der Waals surface area contributed by atoms with Crippen molar-refractivity contribution in [2.24, 2.45) is 35.5 Å². The molecule has 3 aliphatic rings. The number of allylic oxidation sites excluding steroid dienone is 2. The first-order valence-electron chi connectivity index (χ1n) is 15.2. The summed E-state index contributed by atoms with van der Waals surface area (Å²) in [6.45, 7) is 4.26. The first-order chi connectivity index (χ1) is 19.4. The first-order valence-corrected chi connectivity index (χ1v) is 15.2. The number of hydrogen-bond acceptors (Lipinski definition) is 2. The standard InChI is InChI=1S/C34H42F4O2/c1-3-5-21-6-9-23(10-7-21)25-13-12-24-18-22(8-11-26(24)19-25)20-40-30-17-15-28(32(36)34(30)38)27-14-16-29(39-4-2)33(37)31(27)35/h3,5,14-17,21-26H,4,6-13,18-20H2,1-2H3/b5-3+. The molecule has 40 heavy (non-hydrogen) atoms. The number of rotatable bonds is 8. The summed E-state index contributed by atoms with van der Waals surface area (Å²) in [6, 6.07) is 4.97. The minimum atomic E-state index is -1.27. The van der Waals surface area contributed by atoms with Crippen molar-refractivity contribution < 1.29 is 27.0 Å². The molecule has 2 aromatic rings. The number of ether oxygens (including phenoxy) is 2. The summed E-state index contributed by atoms with van der Waals surface area (Å²) in [6.07, 6.45) is 17.2. The molecule has 0 heterocycles. The number of fused-ring (bicyclic) bond motifs is 1. The minimum Gasteiger partial charge on any atom is -0.491 e. The molecule has 0 aromatic heterocycles. The van der Waals surface area contributed by atoms with Crippen LogP contribution in [0, 0.1) is 58.8 Å². The minimum absolute atomic E-state index is 0.159. The van der Waals surface area contributed by atoms with Crippen LogP contribution in [0.1, 0.15) is 78.1 Å². The van der Waals surface area contributed by atoms with Gasteiger partial charge in [0, 0.05) is 11.1 Å². The quantitative estimate of drug-likeness (QED) is 0.237. The third-order valence-corrected chi connectivity index (χ3v) is 9.87. The van der Waals surface area contributed by atoms with Gasteiger partial charge < -0.3 is 9.47 Å². The summed E-state index contributed by atoms with van der Waals surface area (Å²) >= 11 is 0. The lowest BCUT2D eigenvalue weighted by Crippen LogP contribution is -2.35. The molecule has 0 N–H and O–H groups in total. The van der Waals surface area contributed by atoms with Crippen molar-refractivity contribution in [3.8, 4) is 22.6 Å². The van der Waals surface area contributed by atoms with E-state index in [1.807, 2.05) is 0 Å². The molecule has 0 bridgehead atoms. The average Bonchev–Trinajstić information content (AvgIpc) is 2.97. The van der Waals surface area contributed by atoms with Crippen LogP contribution in [0.15, 0.2) is 36.4 Å². The van der Waals surface area contributed by atoms with Crippen LogP contribution in [0.25, 0.3) is 11.1 Å². The van der Waals surface area contributed by atoms with Crippen molar-refractivity contribution in [3.05, 3.63) is 59.7 Å². The van der Waals surface area contributed by atoms with Crippen molar-refractivity contribution in [2.75, 3.05) is 13.2 Å². The fourth-order valence-corrected chi connectivity index (χ4v) is 7.75. The molecular weight excluding hydrogens is 516 g/mol. The van der Waals surface area contributed by atoms with Gasteiger partial charge in [0.25, 0.3) is 0 Å². The van der Waals surface area contributed by atoms with E-state index in [2.05, 4.69) is 19.1 Å². The average molecular weight is 559 g/mol. The van der Waals surface area contributed by atoms with Gasteiger partial charge in [-0.2, -0.15) is 8.78 Å². The predicted molar refractivity (Wildman–Crippen MR) is 150 cm³/mol. The Labute approximate surface area is 236 Å². The number of hydrogen-bond donors (Lipinski definition) is 0. The van der Waals surface area contributed by atoms with Gasteiger partial charge in [-0.1, -0.05) is 12.2 Å². The molecule has 0 saturated heterocycles. The Kier molecular flexibility index (Phi) is 9.42. The lowest BCUT2D eigenvalue weighted by molar-refractivity contribution is 0.0499. The topological polar surface area (TPSA) is 18.5 Å². The van der Waals surface area contributed by atoms with E-state index < -0.39 is 23.3 Å². The smallest absolute Gasteiger partial charge is 0.201 e. The van der Waals surface area contributed by atoms with Crippen molar-refractivity contribution in [1.29, 1.82) is 0 Å². The summed E-state index contributed by atoms with van der Waals surface area (Å²) in [5.41, 5.74) is -0.708. The van der Waals surface area contributed by atoms with Crippen LogP contribution in [-0.2, 0) is 0 Å². The Morgan fingerprint density at radius 3 is 1.77 bits per heavy atom. The monoisotopic (exact) mass is 558 g/mol. The number of benzene rings is 2. The lowest BCUT2D eigenvalue weighted by Gasteiger charge is -2.45. The zero-order chi connectivity index (χ0) is 28.2. The molecule has 0 spiro atoms. The maximum Gasteiger partial charge on any atom is 0.201 e. The molecular formula is C34H42F4O2. The summed E-state index contributed by atoms with van der Waals surface area (Å²) in [4.78, 5) is 0. The molecule has 4 unspecified atom stereocenters. The third kappa shape index (κ3) is 6.21. The Morgan fingerprint density at radius 2 is 1.18 bits per heavy atom. The van der Waals surface area contributed by atoms with Crippen molar-refractivity contribution >= 4 is 0 Å². The Bertz CT molecular complexity index is 1190. The predicted octanol–water partition coefficient (Wildman–Crippen LogP) is 9.90. The lowest BCUT2D eigenvalue weighted by atomic mass is 9.61. The zero-order valence-corrected chi connectivity index (χ0v) is 23.7. The summed E-state index contributed by atoms with van der Waals surface area (Å²) in [5.74, 6) is -1.06. The summed E-state index contributed by atoms with van der Waals surface area (Å²) in [5, 5.41) is 0. The molecule has 5 rings (SSSR count). The highest BCUT2D eigenvalue weighted by Gasteiger charge is 2.39. The van der Waals surface area contributed by atoms with E-state index in [1.54, 1.807) is 6.92 Å². The Hall–Kier alpha value is -2.50. The maximum atomic E-state index is 15.0. The van der Waals surface area contributed by atoms with Crippen LogP contribution in [-0.4, -0.2) is 13.2 Å². The van der Waals surface area contributed by atoms with Gasteiger partial charge in [0.1, 0.15) is 0 Å². The fourth-order valence-electron chi connectivity index (χ4n) is 7.75. The van der Waals surface area contributed by atoms with E-state index in [-0.39, 0.29) is 29.2 Å². The summed E-state index contributed by atoms with van der Waals surface area (Å²) < 4.78 is 69.6. The highest BCUT2D eigenvalue weighted by Crippen LogP contribution is 2.49. The molecule has 218 valence electrons. The third-order valence-electron chi connectivity index (χ3n) is 9.87. The molecule has 3 fully saturated rings. The van der Waals surface area contributed by atoms with E-state index >= 15 is 0 Å². The molecule has 3 saturated carbocycles. The molecule has 6 heteroatoms. The second-order valence-corrected chi connectivity index (χ2v) is 12.2. The normalized spacial score (nSPS) is 28.9. The van der Waals surface area contributed by atoms with Crippen LogP contribution < -0.4 is 9.47 Å². The molecule has 2 aromatic carbocycles. The van der Waals surface area contributed by atoms with Crippen molar-refractivity contribution in [1.82, 2.24) is 0 Å². The second kappa shape index (κ2) is 13.0.